The van der Waals surface area contributed by atoms with Crippen molar-refractivity contribution in [2.24, 2.45) is 0 Å². The molecule has 0 aliphatic heterocycles. The van der Waals surface area contributed by atoms with Gasteiger partial charge in [0.25, 0.3) is 0 Å². The van der Waals surface area contributed by atoms with E-state index in [1.807, 2.05) is 4.74 Å². The van der Waals surface area contributed by atoms with E-state index in [2.05, 4.69) is 4.98 Å². The first-order valence-corrected chi connectivity index (χ1v) is 8.41. The molecule has 1 heterocycles. The van der Waals surface area contributed by atoms with Gasteiger partial charge < -0.3 is 5.32 Å². The largest absolute Gasteiger partial charge is 0.462 e. The van der Waals surface area contributed by atoms with Crippen LogP contribution in [0.2, 0.25) is 0 Å². The lowest BCUT2D eigenvalue weighted by molar-refractivity contribution is -0.548. The summed E-state index contributed by atoms with van der Waals surface area (Å²) in [5.74, 6) is -27.4. The summed E-state index contributed by atoms with van der Waals surface area (Å²) in [6, 6.07) is 1.69. The standard InChI is InChI=1S/C15H7F17N2O3/c1-5-2-3-33-6(4-5)34-7(35)8(16,11(20,21)22)36-15(31,32)10(19,13(26,27)28)37-14(29,30)9(17,18)12(23,24)25/h2-4H,1H3,(H,33,34,35)/t8-,10+/m0/s1. The molecule has 0 spiro atoms. The molecule has 1 aromatic rings. The van der Waals surface area contributed by atoms with Gasteiger partial charge in [0.05, 0.1) is 0 Å². The van der Waals surface area contributed by atoms with Crippen molar-refractivity contribution in [1.82, 2.24) is 4.98 Å². The highest BCUT2D eigenvalue weighted by Gasteiger charge is 2.85. The zero-order valence-corrected chi connectivity index (χ0v) is 16.8. The zero-order valence-electron chi connectivity index (χ0n) is 16.8. The number of halogens is 17. The number of aromatic nitrogens is 1. The number of hydrogen-bond acceptors (Lipinski definition) is 4. The number of pyridine rings is 1. The fraction of sp³-hybridized carbons (Fsp3) is 0.600. The number of carbonyl (C=O) groups excluding carboxylic acids is 1. The van der Waals surface area contributed by atoms with Gasteiger partial charge in [0, 0.05) is 6.20 Å². The van der Waals surface area contributed by atoms with Crippen molar-refractivity contribution < 1.29 is 88.9 Å². The Bertz CT molecular complexity index is 989. The average molecular weight is 586 g/mol. The van der Waals surface area contributed by atoms with E-state index in [0.717, 1.165) is 18.3 Å². The molecule has 0 saturated heterocycles. The van der Waals surface area contributed by atoms with Crippen LogP contribution in [-0.4, -0.2) is 59.3 Å². The van der Waals surface area contributed by atoms with Crippen molar-refractivity contribution in [1.29, 1.82) is 0 Å². The van der Waals surface area contributed by atoms with Crippen molar-refractivity contribution in [3.8, 4) is 0 Å². The molecule has 0 radical (unpaired) electrons. The molecule has 37 heavy (non-hydrogen) atoms. The number of nitrogens with one attached hydrogen (secondary N) is 1. The number of nitrogens with zero attached hydrogens (tertiary/aromatic N) is 1. The minimum absolute atomic E-state index is 0.0223. The number of carbonyl (C=O) groups is 1. The molecular formula is C15H7F17N2O3. The van der Waals surface area contributed by atoms with E-state index >= 15 is 0 Å². The molecule has 0 saturated carbocycles. The summed E-state index contributed by atoms with van der Waals surface area (Å²) in [4.78, 5) is 14.7. The van der Waals surface area contributed by atoms with Crippen molar-refractivity contribution in [2.45, 2.75) is 55.3 Å². The van der Waals surface area contributed by atoms with Gasteiger partial charge in [-0.15, -0.1) is 0 Å². The quantitative estimate of drug-likeness (QED) is 0.369. The Morgan fingerprint density at radius 2 is 1.22 bits per heavy atom. The Hall–Kier alpha value is -2.65. The molecule has 0 aliphatic rings. The van der Waals surface area contributed by atoms with Crippen LogP contribution >= 0.6 is 0 Å². The lowest BCUT2D eigenvalue weighted by Gasteiger charge is -2.40. The Morgan fingerprint density at radius 3 is 1.59 bits per heavy atom. The Morgan fingerprint density at radius 1 is 0.730 bits per heavy atom. The van der Waals surface area contributed by atoms with Gasteiger partial charge in [0.1, 0.15) is 5.82 Å². The second-order valence-electron chi connectivity index (χ2n) is 6.67. The van der Waals surface area contributed by atoms with E-state index in [-0.39, 0.29) is 5.56 Å². The van der Waals surface area contributed by atoms with Gasteiger partial charge >= 0.3 is 54.3 Å². The number of amides is 1. The fourth-order valence-corrected chi connectivity index (χ4v) is 1.96. The van der Waals surface area contributed by atoms with Crippen LogP contribution in [-0.2, 0) is 14.3 Å². The lowest BCUT2D eigenvalue weighted by Crippen LogP contribution is -2.68. The van der Waals surface area contributed by atoms with Gasteiger partial charge in [-0.05, 0) is 24.6 Å². The molecule has 22 heteroatoms. The fourth-order valence-electron chi connectivity index (χ4n) is 1.96. The number of rotatable bonds is 8. The number of anilines is 1. The van der Waals surface area contributed by atoms with Crippen LogP contribution in [0.4, 0.5) is 80.5 Å². The monoisotopic (exact) mass is 586 g/mol. The highest BCUT2D eigenvalue weighted by Crippen LogP contribution is 2.56. The number of hydrogen-bond donors (Lipinski definition) is 1. The van der Waals surface area contributed by atoms with Crippen LogP contribution in [0.25, 0.3) is 0 Å². The summed E-state index contributed by atoms with van der Waals surface area (Å²) >= 11 is 0. The molecule has 0 aliphatic carbocycles. The first-order chi connectivity index (χ1) is 16.1. The lowest BCUT2D eigenvalue weighted by atomic mass is 10.2. The maximum Gasteiger partial charge on any atom is 0.462 e. The zero-order chi connectivity index (χ0) is 29.7. The molecule has 1 amide bonds. The summed E-state index contributed by atoms with van der Waals surface area (Å²) < 4.78 is 226. The minimum Gasteiger partial charge on any atom is -0.305 e. The van der Waals surface area contributed by atoms with Crippen LogP contribution < -0.4 is 5.32 Å². The molecule has 0 bridgehead atoms. The van der Waals surface area contributed by atoms with Crippen LogP contribution in [0.15, 0.2) is 18.3 Å². The molecule has 5 nitrogen and oxygen atoms in total. The second-order valence-corrected chi connectivity index (χ2v) is 6.67. The van der Waals surface area contributed by atoms with E-state index in [4.69, 9.17) is 0 Å². The van der Waals surface area contributed by atoms with E-state index < -0.39 is 60.1 Å². The van der Waals surface area contributed by atoms with Crippen molar-refractivity contribution in [2.75, 3.05) is 5.32 Å². The maximum absolute atomic E-state index is 14.4. The van der Waals surface area contributed by atoms with Gasteiger partial charge in [-0.25, -0.2) is 4.98 Å². The van der Waals surface area contributed by atoms with Gasteiger partial charge in [0.15, 0.2) is 0 Å². The summed E-state index contributed by atoms with van der Waals surface area (Å²) in [6.07, 6.45) is -37.9. The molecule has 1 aromatic heterocycles. The Balaban J connectivity index is 3.63. The van der Waals surface area contributed by atoms with Gasteiger partial charge in [-0.1, -0.05) is 0 Å². The van der Waals surface area contributed by atoms with Crippen LogP contribution in [0.3, 0.4) is 0 Å². The van der Waals surface area contributed by atoms with E-state index in [1.165, 1.54) is 4.74 Å². The topological polar surface area (TPSA) is 60.5 Å². The molecule has 0 fully saturated rings. The smallest absolute Gasteiger partial charge is 0.305 e. The normalized spacial score (nSPS) is 17.7. The molecule has 214 valence electrons. The van der Waals surface area contributed by atoms with Gasteiger partial charge in [-0.3, -0.25) is 14.3 Å². The summed E-state index contributed by atoms with van der Waals surface area (Å²) in [7, 11) is 0. The van der Waals surface area contributed by atoms with Crippen molar-refractivity contribution in [3.63, 3.8) is 0 Å². The first kappa shape index (κ1) is 32.4. The second kappa shape index (κ2) is 9.27. The molecular weight excluding hydrogens is 579 g/mol. The third-order valence-electron chi connectivity index (χ3n) is 3.81. The average Bonchev–Trinajstić information content (AvgIpc) is 2.64. The molecule has 0 unspecified atom stereocenters. The van der Waals surface area contributed by atoms with Crippen molar-refractivity contribution >= 4 is 11.7 Å². The first-order valence-electron chi connectivity index (χ1n) is 8.41. The Labute approximate surface area is 191 Å². The highest BCUT2D eigenvalue weighted by atomic mass is 19.4. The predicted molar refractivity (Wildman–Crippen MR) is 80.5 cm³/mol. The predicted octanol–water partition coefficient (Wildman–Crippen LogP) is 6.20. The summed E-state index contributed by atoms with van der Waals surface area (Å²) in [6.45, 7) is 1.16. The van der Waals surface area contributed by atoms with Crippen LogP contribution in [0, 0.1) is 6.92 Å². The molecule has 2 atom stereocenters. The third kappa shape index (κ3) is 5.93. The molecule has 1 N–H and O–H groups in total. The summed E-state index contributed by atoms with van der Waals surface area (Å²) in [5, 5.41) is 0.770. The number of aryl methyl sites for hydroxylation is 1. The van der Waals surface area contributed by atoms with Crippen LogP contribution in [0.1, 0.15) is 5.56 Å². The minimum atomic E-state index is -8.07. The Kier molecular flexibility index (Phi) is 8.11. The SMILES string of the molecule is Cc1ccnc(NC(=O)[C@](F)(OC(F)(F)[C@](F)(OC(F)(F)C(F)(F)C(F)(F)F)C(F)(F)F)C(F)(F)F)c1. The molecule has 0 aromatic carbocycles. The number of ether oxygens (including phenoxy) is 2. The highest BCUT2D eigenvalue weighted by molar-refractivity contribution is 5.96. The maximum atomic E-state index is 14.4. The third-order valence-corrected chi connectivity index (χ3v) is 3.81. The van der Waals surface area contributed by atoms with E-state index in [0.29, 0.717) is 12.3 Å². The van der Waals surface area contributed by atoms with Gasteiger partial charge in [-0.2, -0.15) is 74.6 Å². The van der Waals surface area contributed by atoms with Gasteiger partial charge in [0.2, 0.25) is 0 Å². The summed E-state index contributed by atoms with van der Waals surface area (Å²) in [5.41, 5.74) is 0.0223. The number of alkyl halides is 17. The van der Waals surface area contributed by atoms with Crippen LogP contribution in [0.5, 0.6) is 0 Å². The van der Waals surface area contributed by atoms with Crippen molar-refractivity contribution in [3.05, 3.63) is 23.9 Å². The van der Waals surface area contributed by atoms with E-state index in [1.54, 1.807) is 0 Å². The van der Waals surface area contributed by atoms with E-state index in [9.17, 15) is 79.4 Å². The molecule has 1 rings (SSSR count).